The molecular weight excluding hydrogens is 1020 g/mol. The van der Waals surface area contributed by atoms with Crippen LogP contribution in [0, 0.1) is 29.6 Å². The molecule has 7 amide bonds. The summed E-state index contributed by atoms with van der Waals surface area (Å²) in [6.07, 6.45) is -4.99. The van der Waals surface area contributed by atoms with E-state index in [0.29, 0.717) is 30.6 Å². The summed E-state index contributed by atoms with van der Waals surface area (Å²) in [7, 11) is 4.29. The highest BCUT2D eigenvalue weighted by molar-refractivity contribution is 6.05. The number of hydrogen-bond acceptors (Lipinski definition) is 15. The summed E-state index contributed by atoms with van der Waals surface area (Å²) in [5, 5.41) is 30.2. The molecule has 0 aromatic heterocycles. The van der Waals surface area contributed by atoms with Gasteiger partial charge < -0.3 is 60.0 Å². The summed E-state index contributed by atoms with van der Waals surface area (Å²) < 4.78 is 17.2. The predicted molar refractivity (Wildman–Crippen MR) is 290 cm³/mol. The molecule has 0 aliphatic carbocycles. The molecule has 1 aromatic rings. The van der Waals surface area contributed by atoms with Crippen molar-refractivity contribution in [1.29, 1.82) is 0 Å². The molecule has 2 unspecified atom stereocenters. The number of carbonyl (C=O) groups is 10. The van der Waals surface area contributed by atoms with Crippen LogP contribution in [0.15, 0.2) is 24.3 Å². The van der Waals surface area contributed by atoms with Gasteiger partial charge in [-0.3, -0.25) is 43.2 Å². The van der Waals surface area contributed by atoms with E-state index in [4.69, 9.17) is 14.2 Å². The number of methoxy groups -OCH3 is 1. The van der Waals surface area contributed by atoms with E-state index in [-0.39, 0.29) is 57.0 Å². The van der Waals surface area contributed by atoms with E-state index in [1.165, 1.54) is 61.6 Å². The fourth-order valence-electron chi connectivity index (χ4n) is 10.5. The van der Waals surface area contributed by atoms with Crippen molar-refractivity contribution in [3.05, 3.63) is 29.8 Å². The van der Waals surface area contributed by atoms with Crippen LogP contribution in [0.2, 0.25) is 0 Å². The summed E-state index contributed by atoms with van der Waals surface area (Å²) in [5.74, 6) is -10.3. The normalized spacial score (nSPS) is 27.7. The van der Waals surface area contributed by atoms with E-state index >= 15 is 4.79 Å². The van der Waals surface area contributed by atoms with Crippen LogP contribution < -0.4 is 20.7 Å². The van der Waals surface area contributed by atoms with Gasteiger partial charge in [0.15, 0.2) is 11.9 Å². The number of carbonyl (C=O) groups excluding carboxylic acids is 10. The molecule has 442 valence electrons. The van der Waals surface area contributed by atoms with E-state index in [2.05, 4.69) is 16.0 Å². The number of ketones is 1. The average molecular weight is 1110 g/mol. The zero-order valence-corrected chi connectivity index (χ0v) is 48.8. The Bertz CT molecular complexity index is 2330. The summed E-state index contributed by atoms with van der Waals surface area (Å²) in [6.45, 7) is 18.4. The molecule has 3 aliphatic rings. The molecule has 3 saturated heterocycles. The van der Waals surface area contributed by atoms with Gasteiger partial charge in [0.25, 0.3) is 5.91 Å². The maximum Gasteiger partial charge on any atom is 0.329 e. The number of esters is 2. The predicted octanol–water partition coefficient (Wildman–Crippen LogP) is 2.32. The smallest absolute Gasteiger partial charge is 0.329 e. The molecular formula is C57H89N7O15. The first-order valence-electron chi connectivity index (χ1n) is 28.0. The molecule has 1 aromatic carbocycles. The zero-order valence-electron chi connectivity index (χ0n) is 48.8. The minimum atomic E-state index is -1.76. The lowest BCUT2D eigenvalue weighted by molar-refractivity contribution is -0.163. The molecule has 79 heavy (non-hydrogen) atoms. The van der Waals surface area contributed by atoms with Crippen LogP contribution in [-0.4, -0.2) is 190 Å². The molecule has 0 spiro atoms. The van der Waals surface area contributed by atoms with E-state index in [0.717, 1.165) is 0 Å². The standard InChI is InChI=1S/C57H89N7O15/c1-15-33(8)46-44(66)29-45(67)79-49(32(6)7)48(68)34(9)50(69)58-39(26-30(2)3)54(73)64-25-17-19-41(64)56(75)62(13)43(28-37-20-22-38(77-14)23-21-37)57(76)78-36(11)47(52(71)59-46)60-51(70)42(27-31(4)5)61(12)55(74)40-18-16-24-63(40)53(72)35(10)65/h20-23,30-36,39-44,46-47,49,65-66H,15-19,24-29H2,1-14H3,(H,58,69)(H,59,71)(H,60,70)/t33-,34-,35-,36+,39-,40-,41-,42+,43?,44-,46+,47-,49?/m0/s1. The maximum absolute atomic E-state index is 15.0. The molecule has 3 aliphatic heterocycles. The number of likely N-dealkylation sites (N-methyl/N-ethyl adjacent to an activating group) is 2. The monoisotopic (exact) mass is 1110 g/mol. The van der Waals surface area contributed by atoms with E-state index in [1.807, 2.05) is 27.7 Å². The number of likely N-dealkylation sites (tertiary alicyclic amines) is 1. The molecule has 3 fully saturated rings. The Labute approximate surface area is 465 Å². The molecule has 22 nitrogen and oxygen atoms in total. The number of nitrogens with one attached hydrogen (secondary N) is 3. The van der Waals surface area contributed by atoms with Crippen LogP contribution in [0.4, 0.5) is 0 Å². The molecule has 0 radical (unpaired) electrons. The third-order valence-electron chi connectivity index (χ3n) is 15.5. The van der Waals surface area contributed by atoms with Gasteiger partial charge in [0.05, 0.1) is 31.6 Å². The van der Waals surface area contributed by atoms with Crippen LogP contribution in [0.1, 0.15) is 133 Å². The van der Waals surface area contributed by atoms with Crippen LogP contribution in [0.3, 0.4) is 0 Å². The number of amides is 7. The van der Waals surface area contributed by atoms with Crippen molar-refractivity contribution in [3.63, 3.8) is 0 Å². The van der Waals surface area contributed by atoms with E-state index in [9.17, 15) is 53.4 Å². The van der Waals surface area contributed by atoms with Gasteiger partial charge in [-0.05, 0) is 101 Å². The first-order chi connectivity index (χ1) is 37.0. The number of Topliss-reactive ketones (excluding diaryl/α,β-unsaturated/α-hetero) is 1. The number of ether oxygens (including phenoxy) is 3. The fourth-order valence-corrected chi connectivity index (χ4v) is 10.5. The van der Waals surface area contributed by atoms with Crippen molar-refractivity contribution < 1.29 is 72.4 Å². The number of benzene rings is 1. The van der Waals surface area contributed by atoms with Crippen LogP contribution >= 0.6 is 0 Å². The second kappa shape index (κ2) is 29.3. The Hall–Kier alpha value is -6.16. The Kier molecular flexibility index (Phi) is 24.3. The van der Waals surface area contributed by atoms with Gasteiger partial charge in [0.1, 0.15) is 54.2 Å². The fraction of sp³-hybridized carbons (Fsp3) is 0.719. The molecule has 0 bridgehead atoms. The van der Waals surface area contributed by atoms with Gasteiger partial charge in [-0.2, -0.15) is 0 Å². The minimum Gasteiger partial charge on any atom is -0.497 e. The van der Waals surface area contributed by atoms with E-state index < -0.39 is 150 Å². The van der Waals surface area contributed by atoms with Gasteiger partial charge in [-0.15, -0.1) is 0 Å². The summed E-state index contributed by atoms with van der Waals surface area (Å²) >= 11 is 0. The summed E-state index contributed by atoms with van der Waals surface area (Å²) in [4.78, 5) is 149. The highest BCUT2D eigenvalue weighted by Gasteiger charge is 2.46. The lowest BCUT2D eigenvalue weighted by Gasteiger charge is -2.36. The number of fused-ring (bicyclic) bond motifs is 1. The van der Waals surface area contributed by atoms with Gasteiger partial charge >= 0.3 is 11.9 Å². The van der Waals surface area contributed by atoms with Crippen LogP contribution in [0.25, 0.3) is 0 Å². The molecule has 5 N–H and O–H groups in total. The minimum absolute atomic E-state index is 0.0720. The number of aliphatic hydroxyl groups excluding tert-OH is 2. The first kappa shape index (κ1) is 65.4. The molecule has 4 rings (SSSR count). The Balaban J connectivity index is 1.89. The zero-order chi connectivity index (χ0) is 59.3. The first-order valence-corrected chi connectivity index (χ1v) is 28.0. The van der Waals surface area contributed by atoms with Crippen molar-refractivity contribution in [2.45, 2.75) is 201 Å². The molecule has 0 saturated carbocycles. The second-order valence-electron chi connectivity index (χ2n) is 23.0. The number of aliphatic hydroxyl groups is 2. The van der Waals surface area contributed by atoms with Crippen molar-refractivity contribution in [2.75, 3.05) is 34.3 Å². The summed E-state index contributed by atoms with van der Waals surface area (Å²) in [6, 6.07) is -2.19. The van der Waals surface area contributed by atoms with Crippen molar-refractivity contribution in [2.24, 2.45) is 29.6 Å². The largest absolute Gasteiger partial charge is 0.497 e. The topological polar surface area (TPSA) is 288 Å². The average Bonchev–Trinajstić information content (AvgIpc) is 4.13. The lowest BCUT2D eigenvalue weighted by Crippen LogP contribution is -2.62. The van der Waals surface area contributed by atoms with Gasteiger partial charge in [-0.1, -0.05) is 73.9 Å². The number of nitrogens with zero attached hydrogens (tertiary/aromatic N) is 4. The van der Waals surface area contributed by atoms with Crippen LogP contribution in [0.5, 0.6) is 5.75 Å². The third-order valence-corrected chi connectivity index (χ3v) is 15.5. The number of hydrogen-bond donors (Lipinski definition) is 5. The second-order valence-corrected chi connectivity index (χ2v) is 23.0. The summed E-state index contributed by atoms with van der Waals surface area (Å²) in [5.41, 5.74) is 0.571. The lowest BCUT2D eigenvalue weighted by atomic mass is 9.91. The van der Waals surface area contributed by atoms with Gasteiger partial charge in [-0.25, -0.2) is 4.79 Å². The highest BCUT2D eigenvalue weighted by atomic mass is 16.6. The Morgan fingerprint density at radius 1 is 0.861 bits per heavy atom. The number of rotatable bonds is 15. The molecule has 13 atom stereocenters. The van der Waals surface area contributed by atoms with Crippen LogP contribution in [-0.2, 0) is 63.8 Å². The Morgan fingerprint density at radius 2 is 1.49 bits per heavy atom. The SMILES string of the molecule is CC[C@H](C)[C@H]1NC(=O)[C@@H](NC(=O)[C@@H](CC(C)C)N(C)C(=O)[C@@H]2CCCN2C(=O)[C@H](C)O)[C@@H](C)OC(=O)C(Cc2ccc(OC)cc2)N(C)C(=O)[C@@H]2CCCN2C(=O)[C@H](CC(C)C)NC(=O)[C@@H](C)C(=O)C(C(C)C)OC(=O)C[C@@H]1O. The van der Waals surface area contributed by atoms with Crippen molar-refractivity contribution in [3.8, 4) is 5.75 Å². The maximum atomic E-state index is 15.0. The van der Waals surface area contributed by atoms with Crippen molar-refractivity contribution in [1.82, 2.24) is 35.6 Å². The molecule has 3 heterocycles. The highest BCUT2D eigenvalue weighted by Crippen LogP contribution is 2.27. The van der Waals surface area contributed by atoms with E-state index in [1.54, 1.807) is 52.0 Å². The van der Waals surface area contributed by atoms with Gasteiger partial charge in [0.2, 0.25) is 35.4 Å². The third kappa shape index (κ3) is 16.9. The number of cyclic esters (lactones) is 2. The quantitative estimate of drug-likeness (QED) is 0.124. The molecule has 22 heteroatoms. The van der Waals surface area contributed by atoms with Gasteiger partial charge in [0, 0.05) is 33.6 Å². The Morgan fingerprint density at radius 3 is 2.06 bits per heavy atom. The van der Waals surface area contributed by atoms with Crippen molar-refractivity contribution >= 4 is 59.1 Å².